The van der Waals surface area contributed by atoms with Gasteiger partial charge in [-0.2, -0.15) is 0 Å². The third-order valence-corrected chi connectivity index (χ3v) is 4.47. The molecule has 0 amide bonds. The van der Waals surface area contributed by atoms with Gasteiger partial charge in [-0.3, -0.25) is 0 Å². The van der Waals surface area contributed by atoms with Crippen molar-refractivity contribution in [2.75, 3.05) is 0 Å². The molecule has 0 nitrogen and oxygen atoms in total. The van der Waals surface area contributed by atoms with Gasteiger partial charge in [-0.15, -0.1) is 5.98 Å². The van der Waals surface area contributed by atoms with Crippen LogP contribution in [0.2, 0.25) is 11.6 Å². The van der Waals surface area contributed by atoms with E-state index in [1.165, 1.54) is 57.8 Å². The van der Waals surface area contributed by atoms with Gasteiger partial charge in [-0.25, -0.2) is 0 Å². The summed E-state index contributed by atoms with van der Waals surface area (Å²) in [5.74, 6) is 4.69. The Hall–Kier alpha value is -0.195. The van der Waals surface area contributed by atoms with Crippen LogP contribution >= 0.6 is 0 Å². The molecule has 0 aromatic rings. The second kappa shape index (κ2) is 5.77. The zero-order chi connectivity index (χ0) is 10.5. The fraction of sp³-hybridized carbons (Fsp3) is 0.857. The molecule has 0 aromatic heterocycles. The summed E-state index contributed by atoms with van der Waals surface area (Å²) in [5.41, 5.74) is 0. The Bertz CT molecular complexity index is 187. The van der Waals surface area contributed by atoms with Gasteiger partial charge in [-0.05, 0) is 6.42 Å². The van der Waals surface area contributed by atoms with Crippen molar-refractivity contribution >= 4 is 6.71 Å². The number of rotatable bonds is 4. The predicted octanol–water partition coefficient (Wildman–Crippen LogP) is 4.88. The van der Waals surface area contributed by atoms with Crippen molar-refractivity contribution in [1.82, 2.24) is 0 Å². The standard InChI is InChI=1S/C14H25B/c1-2-3-4-5-12-15-13-8-6-9-14(15)11-7-10-13/h5,12-14H,2-4,6-11H2,1H3/b12-5+. The maximum Gasteiger partial charge on any atom is 0.172 e. The lowest BCUT2D eigenvalue weighted by atomic mass is 9.27. The van der Waals surface area contributed by atoms with E-state index >= 15 is 0 Å². The average Bonchev–Trinajstić information content (AvgIpc) is 2.24. The van der Waals surface area contributed by atoms with Crippen molar-refractivity contribution in [3.8, 4) is 0 Å². The molecule has 84 valence electrons. The average molecular weight is 204 g/mol. The van der Waals surface area contributed by atoms with Crippen LogP contribution in [0.3, 0.4) is 0 Å². The second-order valence-corrected chi connectivity index (χ2v) is 5.53. The lowest BCUT2D eigenvalue weighted by Crippen LogP contribution is -2.32. The Labute approximate surface area is 95.6 Å². The van der Waals surface area contributed by atoms with Crippen molar-refractivity contribution in [3.63, 3.8) is 0 Å². The molecule has 0 radical (unpaired) electrons. The van der Waals surface area contributed by atoms with Gasteiger partial charge in [0.25, 0.3) is 0 Å². The minimum atomic E-state index is 0.962. The molecule has 2 aliphatic rings. The third kappa shape index (κ3) is 2.89. The summed E-state index contributed by atoms with van der Waals surface area (Å²) in [6, 6.07) is 0. The molecule has 2 bridgehead atoms. The predicted molar refractivity (Wildman–Crippen MR) is 69.6 cm³/mol. The maximum absolute atomic E-state index is 2.59. The van der Waals surface area contributed by atoms with Crippen LogP contribution in [-0.2, 0) is 0 Å². The molecule has 2 heterocycles. The van der Waals surface area contributed by atoms with Crippen LogP contribution in [0.25, 0.3) is 0 Å². The Balaban J connectivity index is 1.86. The van der Waals surface area contributed by atoms with E-state index in [9.17, 15) is 0 Å². The van der Waals surface area contributed by atoms with Gasteiger partial charge in [0.15, 0.2) is 6.71 Å². The Morgan fingerprint density at radius 3 is 2.20 bits per heavy atom. The van der Waals surface area contributed by atoms with Crippen LogP contribution in [0.4, 0.5) is 0 Å². The SMILES string of the molecule is CCCC/C=C/B1C2CCCC1CCC2. The fourth-order valence-corrected chi connectivity index (χ4v) is 3.62. The number of hydrogen-bond acceptors (Lipinski definition) is 0. The summed E-state index contributed by atoms with van der Waals surface area (Å²) in [5, 5.41) is 0. The van der Waals surface area contributed by atoms with Crippen molar-refractivity contribution in [2.24, 2.45) is 0 Å². The van der Waals surface area contributed by atoms with Crippen molar-refractivity contribution in [3.05, 3.63) is 12.1 Å². The first-order chi connectivity index (χ1) is 7.42. The van der Waals surface area contributed by atoms with Crippen LogP contribution in [0.5, 0.6) is 0 Å². The lowest BCUT2D eigenvalue weighted by molar-refractivity contribution is 0.447. The van der Waals surface area contributed by atoms with Gasteiger partial charge in [0, 0.05) is 0 Å². The quantitative estimate of drug-likeness (QED) is 0.452. The Morgan fingerprint density at radius 1 is 1.07 bits per heavy atom. The summed E-state index contributed by atoms with van der Waals surface area (Å²) in [6.07, 6.45) is 15.6. The molecule has 15 heavy (non-hydrogen) atoms. The molecular weight excluding hydrogens is 179 g/mol. The molecule has 2 fully saturated rings. The molecule has 1 heteroatoms. The first kappa shape index (κ1) is 11.3. The highest BCUT2D eigenvalue weighted by Crippen LogP contribution is 2.46. The van der Waals surface area contributed by atoms with E-state index in [2.05, 4.69) is 19.0 Å². The van der Waals surface area contributed by atoms with Crippen LogP contribution in [0.15, 0.2) is 12.1 Å². The summed E-state index contributed by atoms with van der Waals surface area (Å²) < 4.78 is 0. The molecule has 0 aliphatic carbocycles. The smallest absolute Gasteiger partial charge is 0.118 e. The highest BCUT2D eigenvalue weighted by Gasteiger charge is 2.36. The minimum Gasteiger partial charge on any atom is -0.118 e. The highest BCUT2D eigenvalue weighted by molar-refractivity contribution is 6.67. The van der Waals surface area contributed by atoms with Gasteiger partial charge >= 0.3 is 0 Å². The summed E-state index contributed by atoms with van der Waals surface area (Å²) in [6.45, 7) is 3.24. The van der Waals surface area contributed by atoms with Crippen LogP contribution in [-0.4, -0.2) is 6.71 Å². The molecule has 0 N–H and O–H groups in total. The van der Waals surface area contributed by atoms with Gasteiger partial charge < -0.3 is 0 Å². The molecular formula is C14H25B. The monoisotopic (exact) mass is 204 g/mol. The largest absolute Gasteiger partial charge is 0.172 e. The second-order valence-electron chi connectivity index (χ2n) is 5.53. The summed E-state index contributed by atoms with van der Waals surface area (Å²) in [4.78, 5) is 0. The fourth-order valence-electron chi connectivity index (χ4n) is 3.62. The molecule has 0 aromatic carbocycles. The van der Waals surface area contributed by atoms with Gasteiger partial charge in [0.2, 0.25) is 0 Å². The van der Waals surface area contributed by atoms with Crippen molar-refractivity contribution in [1.29, 1.82) is 0 Å². The van der Waals surface area contributed by atoms with E-state index in [-0.39, 0.29) is 0 Å². The Kier molecular flexibility index (Phi) is 4.35. The van der Waals surface area contributed by atoms with E-state index in [1.807, 2.05) is 0 Å². The van der Waals surface area contributed by atoms with Crippen molar-refractivity contribution in [2.45, 2.75) is 76.3 Å². The van der Waals surface area contributed by atoms with E-state index in [1.54, 1.807) is 0 Å². The van der Waals surface area contributed by atoms with E-state index in [4.69, 9.17) is 0 Å². The number of fused-ring (bicyclic) bond motifs is 2. The normalized spacial score (nSPS) is 31.1. The molecule has 2 saturated heterocycles. The van der Waals surface area contributed by atoms with Gasteiger partial charge in [0.1, 0.15) is 0 Å². The summed E-state index contributed by atoms with van der Waals surface area (Å²) >= 11 is 0. The lowest BCUT2D eigenvalue weighted by Gasteiger charge is -2.39. The first-order valence-corrected chi connectivity index (χ1v) is 7.08. The minimum absolute atomic E-state index is 0.962. The topological polar surface area (TPSA) is 0 Å². The molecule has 0 atom stereocenters. The zero-order valence-electron chi connectivity index (χ0n) is 10.3. The molecule has 0 unspecified atom stereocenters. The number of allylic oxidation sites excluding steroid dienone is 1. The molecule has 0 spiro atoms. The number of unbranched alkanes of at least 4 members (excludes halogenated alkanes) is 2. The van der Waals surface area contributed by atoms with Crippen molar-refractivity contribution < 1.29 is 0 Å². The number of hydrogen-bond donors (Lipinski definition) is 0. The van der Waals surface area contributed by atoms with E-state index in [0.29, 0.717) is 0 Å². The zero-order valence-corrected chi connectivity index (χ0v) is 10.3. The first-order valence-electron chi connectivity index (χ1n) is 7.08. The van der Waals surface area contributed by atoms with Crippen LogP contribution in [0, 0.1) is 0 Å². The Morgan fingerprint density at radius 2 is 1.67 bits per heavy atom. The third-order valence-electron chi connectivity index (χ3n) is 4.47. The van der Waals surface area contributed by atoms with E-state index < -0.39 is 0 Å². The van der Waals surface area contributed by atoms with Gasteiger partial charge in [0.05, 0.1) is 0 Å². The van der Waals surface area contributed by atoms with Crippen LogP contribution < -0.4 is 0 Å². The molecule has 2 aliphatic heterocycles. The highest BCUT2D eigenvalue weighted by atomic mass is 14.2. The molecule has 2 rings (SSSR count). The molecule has 0 saturated carbocycles. The van der Waals surface area contributed by atoms with Gasteiger partial charge in [-0.1, -0.05) is 76.0 Å². The van der Waals surface area contributed by atoms with E-state index in [0.717, 1.165) is 18.3 Å². The van der Waals surface area contributed by atoms with Crippen LogP contribution in [0.1, 0.15) is 64.7 Å². The summed E-state index contributed by atoms with van der Waals surface area (Å²) in [7, 11) is 0. The maximum atomic E-state index is 2.59.